The van der Waals surface area contributed by atoms with E-state index >= 15 is 0 Å². The van der Waals surface area contributed by atoms with Crippen LogP contribution in [-0.4, -0.2) is 28.2 Å². The van der Waals surface area contributed by atoms with Crippen LogP contribution < -0.4 is 5.73 Å². The molecular weight excluding hydrogens is 268 g/mol. The van der Waals surface area contributed by atoms with Gasteiger partial charge in [0.25, 0.3) is 0 Å². The van der Waals surface area contributed by atoms with Gasteiger partial charge in [0.15, 0.2) is 0 Å². The molecule has 4 nitrogen and oxygen atoms in total. The Morgan fingerprint density at radius 3 is 2.55 bits per heavy atom. The van der Waals surface area contributed by atoms with E-state index in [1.165, 1.54) is 36.2 Å². The smallest absolute Gasteiger partial charge is 0.203 e. The molecule has 0 aliphatic carbocycles. The van der Waals surface area contributed by atoms with Crippen LogP contribution in [0.1, 0.15) is 23.4 Å². The summed E-state index contributed by atoms with van der Waals surface area (Å²) in [6.07, 6.45) is 3.74. The second kappa shape index (κ2) is 6.33. The van der Waals surface area contributed by atoms with Crippen molar-refractivity contribution in [3.63, 3.8) is 0 Å². The van der Waals surface area contributed by atoms with E-state index < -0.39 is 0 Å². The summed E-state index contributed by atoms with van der Waals surface area (Å²) < 4.78 is 0. The first-order chi connectivity index (χ1) is 9.79. The van der Waals surface area contributed by atoms with Gasteiger partial charge in [0.2, 0.25) is 5.13 Å². The van der Waals surface area contributed by atoms with Gasteiger partial charge in [-0.15, -0.1) is 10.2 Å². The summed E-state index contributed by atoms with van der Waals surface area (Å²) in [4.78, 5) is 2.46. The maximum absolute atomic E-state index is 5.62. The van der Waals surface area contributed by atoms with Crippen molar-refractivity contribution in [2.45, 2.75) is 25.8 Å². The number of likely N-dealkylation sites (tertiary alicyclic amines) is 1. The van der Waals surface area contributed by atoms with Crippen molar-refractivity contribution in [1.29, 1.82) is 0 Å². The molecule has 0 atom stereocenters. The second-order valence-electron chi connectivity index (χ2n) is 5.44. The van der Waals surface area contributed by atoms with E-state index in [0.717, 1.165) is 30.6 Å². The van der Waals surface area contributed by atoms with E-state index in [0.29, 0.717) is 5.13 Å². The molecule has 0 amide bonds. The zero-order valence-electron chi connectivity index (χ0n) is 11.5. The predicted octanol–water partition coefficient (Wildman–Crippen LogP) is 2.58. The highest BCUT2D eigenvalue weighted by Crippen LogP contribution is 2.23. The van der Waals surface area contributed by atoms with E-state index in [4.69, 9.17) is 5.73 Å². The fourth-order valence-corrected chi connectivity index (χ4v) is 3.47. The molecule has 1 fully saturated rings. The Morgan fingerprint density at radius 1 is 1.15 bits per heavy atom. The van der Waals surface area contributed by atoms with Gasteiger partial charge in [0.05, 0.1) is 6.54 Å². The number of nitrogens with zero attached hydrogens (tertiary/aromatic N) is 3. The van der Waals surface area contributed by atoms with E-state index in [9.17, 15) is 0 Å². The van der Waals surface area contributed by atoms with Crippen molar-refractivity contribution >= 4 is 16.5 Å². The van der Waals surface area contributed by atoms with Crippen LogP contribution in [0, 0.1) is 5.92 Å². The molecular formula is C15H20N4S. The molecule has 1 aliphatic heterocycles. The van der Waals surface area contributed by atoms with Gasteiger partial charge < -0.3 is 5.73 Å². The quantitative estimate of drug-likeness (QED) is 0.939. The standard InChI is InChI=1S/C15H20N4S/c16-15-18-17-14(20-15)11-19-8-6-13(7-9-19)10-12-4-2-1-3-5-12/h1-5,13H,6-11H2,(H2,16,18). The number of nitrogens with two attached hydrogens (primary N) is 1. The molecule has 1 aliphatic rings. The van der Waals surface area contributed by atoms with Crippen molar-refractivity contribution in [2.75, 3.05) is 18.8 Å². The molecule has 2 N–H and O–H groups in total. The molecule has 0 bridgehead atoms. The highest BCUT2D eigenvalue weighted by atomic mass is 32.1. The normalized spacial score (nSPS) is 17.4. The zero-order chi connectivity index (χ0) is 13.8. The molecule has 2 aromatic rings. The summed E-state index contributed by atoms with van der Waals surface area (Å²) in [6.45, 7) is 3.20. The monoisotopic (exact) mass is 288 g/mol. The number of rotatable bonds is 4. The molecule has 0 unspecified atom stereocenters. The summed E-state index contributed by atoms with van der Waals surface area (Å²) in [5, 5.41) is 9.57. The minimum Gasteiger partial charge on any atom is -0.374 e. The Morgan fingerprint density at radius 2 is 1.90 bits per heavy atom. The highest BCUT2D eigenvalue weighted by Gasteiger charge is 2.20. The lowest BCUT2D eigenvalue weighted by atomic mass is 9.90. The lowest BCUT2D eigenvalue weighted by molar-refractivity contribution is 0.176. The number of hydrogen-bond acceptors (Lipinski definition) is 5. The van der Waals surface area contributed by atoms with Gasteiger partial charge >= 0.3 is 0 Å². The molecule has 0 saturated carbocycles. The van der Waals surface area contributed by atoms with Crippen molar-refractivity contribution in [3.8, 4) is 0 Å². The summed E-state index contributed by atoms with van der Waals surface area (Å²) >= 11 is 1.50. The van der Waals surface area contributed by atoms with Crippen molar-refractivity contribution in [2.24, 2.45) is 5.92 Å². The molecule has 1 saturated heterocycles. The summed E-state index contributed by atoms with van der Waals surface area (Å²) in [5.41, 5.74) is 7.08. The van der Waals surface area contributed by atoms with Crippen LogP contribution in [-0.2, 0) is 13.0 Å². The number of benzene rings is 1. The molecule has 20 heavy (non-hydrogen) atoms. The van der Waals surface area contributed by atoms with Crippen molar-refractivity contribution < 1.29 is 0 Å². The molecule has 3 rings (SSSR count). The lowest BCUT2D eigenvalue weighted by Crippen LogP contribution is -2.33. The molecule has 1 aromatic heterocycles. The average Bonchev–Trinajstić information content (AvgIpc) is 2.88. The van der Waals surface area contributed by atoms with Crippen LogP contribution in [0.15, 0.2) is 30.3 Å². The van der Waals surface area contributed by atoms with Gasteiger partial charge in [0, 0.05) is 0 Å². The van der Waals surface area contributed by atoms with Crippen molar-refractivity contribution in [1.82, 2.24) is 15.1 Å². The van der Waals surface area contributed by atoms with Gasteiger partial charge in [0.1, 0.15) is 5.01 Å². The first-order valence-electron chi connectivity index (χ1n) is 7.14. The summed E-state index contributed by atoms with van der Waals surface area (Å²) in [7, 11) is 0. The molecule has 2 heterocycles. The average molecular weight is 288 g/mol. The molecule has 1 aromatic carbocycles. The Labute approximate surface area is 123 Å². The first kappa shape index (κ1) is 13.5. The Bertz CT molecular complexity index is 532. The second-order valence-corrected chi connectivity index (χ2v) is 6.54. The minimum atomic E-state index is 0.568. The molecule has 5 heteroatoms. The number of piperidine rings is 1. The Kier molecular flexibility index (Phi) is 4.28. The molecule has 0 radical (unpaired) electrons. The Balaban J connectivity index is 1.47. The SMILES string of the molecule is Nc1nnc(CN2CCC(Cc3ccccc3)CC2)s1. The van der Waals surface area contributed by atoms with E-state index in [1.54, 1.807) is 0 Å². The van der Waals surface area contributed by atoms with Crippen LogP contribution in [0.4, 0.5) is 5.13 Å². The third-order valence-electron chi connectivity index (χ3n) is 3.92. The largest absolute Gasteiger partial charge is 0.374 e. The lowest BCUT2D eigenvalue weighted by Gasteiger charge is -2.31. The zero-order valence-corrected chi connectivity index (χ0v) is 12.4. The van der Waals surface area contributed by atoms with Crippen LogP contribution in [0.3, 0.4) is 0 Å². The van der Waals surface area contributed by atoms with Gasteiger partial charge in [-0.3, -0.25) is 4.90 Å². The van der Waals surface area contributed by atoms with Crippen LogP contribution >= 0.6 is 11.3 Å². The van der Waals surface area contributed by atoms with Gasteiger partial charge in [-0.1, -0.05) is 41.7 Å². The summed E-state index contributed by atoms with van der Waals surface area (Å²) in [6, 6.07) is 10.8. The Hall–Kier alpha value is -1.46. The number of aromatic nitrogens is 2. The van der Waals surface area contributed by atoms with E-state index in [1.807, 2.05) is 0 Å². The van der Waals surface area contributed by atoms with E-state index in [2.05, 4.69) is 45.4 Å². The molecule has 0 spiro atoms. The number of anilines is 1. The predicted molar refractivity (Wildman–Crippen MR) is 82.5 cm³/mol. The third-order valence-corrected chi connectivity index (χ3v) is 4.65. The van der Waals surface area contributed by atoms with Crippen LogP contribution in [0.25, 0.3) is 0 Å². The maximum atomic E-state index is 5.62. The topological polar surface area (TPSA) is 55.0 Å². The van der Waals surface area contributed by atoms with Gasteiger partial charge in [-0.2, -0.15) is 0 Å². The van der Waals surface area contributed by atoms with Crippen LogP contribution in [0.2, 0.25) is 0 Å². The van der Waals surface area contributed by atoms with E-state index in [-0.39, 0.29) is 0 Å². The van der Waals surface area contributed by atoms with Crippen LogP contribution in [0.5, 0.6) is 0 Å². The number of nitrogen functional groups attached to an aromatic ring is 1. The molecule has 106 valence electrons. The first-order valence-corrected chi connectivity index (χ1v) is 7.95. The highest BCUT2D eigenvalue weighted by molar-refractivity contribution is 7.15. The van der Waals surface area contributed by atoms with Crippen molar-refractivity contribution in [3.05, 3.63) is 40.9 Å². The minimum absolute atomic E-state index is 0.568. The van der Waals surface area contributed by atoms with Gasteiger partial charge in [-0.25, -0.2) is 0 Å². The number of hydrogen-bond donors (Lipinski definition) is 1. The maximum Gasteiger partial charge on any atom is 0.203 e. The van der Waals surface area contributed by atoms with Gasteiger partial charge in [-0.05, 0) is 43.8 Å². The fraction of sp³-hybridized carbons (Fsp3) is 0.467. The fourth-order valence-electron chi connectivity index (χ4n) is 2.82. The summed E-state index contributed by atoms with van der Waals surface area (Å²) in [5.74, 6) is 0.813. The third kappa shape index (κ3) is 3.55.